The van der Waals surface area contributed by atoms with Crippen LogP contribution in [0.1, 0.15) is 20.7 Å². The van der Waals surface area contributed by atoms with Crippen LogP contribution in [0.15, 0.2) is 30.5 Å². The summed E-state index contributed by atoms with van der Waals surface area (Å²) in [6.07, 6.45) is 2.21. The summed E-state index contributed by atoms with van der Waals surface area (Å²) in [6.45, 7) is 0. The van der Waals surface area contributed by atoms with Gasteiger partial charge in [-0.25, -0.2) is 4.79 Å². The SMILES string of the molecule is COC(=O)c1ccc2ncc(C=O)cc2c1. The van der Waals surface area contributed by atoms with E-state index >= 15 is 0 Å². The lowest BCUT2D eigenvalue weighted by atomic mass is 10.1. The molecule has 4 nitrogen and oxygen atoms in total. The molecule has 0 spiro atoms. The Bertz CT molecular complexity index is 563. The molecule has 0 amide bonds. The van der Waals surface area contributed by atoms with E-state index in [9.17, 15) is 9.59 Å². The molecule has 0 N–H and O–H groups in total. The van der Waals surface area contributed by atoms with E-state index in [1.54, 1.807) is 24.3 Å². The number of aldehydes is 1. The van der Waals surface area contributed by atoms with Gasteiger partial charge in [-0.3, -0.25) is 9.78 Å². The predicted octanol–water partition coefficient (Wildman–Crippen LogP) is 1.83. The highest BCUT2D eigenvalue weighted by molar-refractivity contribution is 5.95. The molecule has 2 rings (SSSR count). The maximum atomic E-state index is 11.3. The number of methoxy groups -OCH3 is 1. The van der Waals surface area contributed by atoms with Crippen LogP contribution in [-0.2, 0) is 4.74 Å². The average molecular weight is 215 g/mol. The molecule has 0 fully saturated rings. The second-order valence-corrected chi connectivity index (χ2v) is 3.29. The summed E-state index contributed by atoms with van der Waals surface area (Å²) in [5.41, 5.74) is 1.66. The molecule has 0 saturated carbocycles. The molecule has 0 aliphatic rings. The van der Waals surface area contributed by atoms with Crippen LogP contribution in [-0.4, -0.2) is 24.3 Å². The van der Waals surface area contributed by atoms with Gasteiger partial charge < -0.3 is 4.74 Å². The van der Waals surface area contributed by atoms with E-state index in [4.69, 9.17) is 0 Å². The monoisotopic (exact) mass is 215 g/mol. The molecule has 1 aromatic carbocycles. The van der Waals surface area contributed by atoms with Gasteiger partial charge in [-0.1, -0.05) is 0 Å². The molecule has 2 aromatic rings. The molecule has 0 aliphatic heterocycles. The van der Waals surface area contributed by atoms with E-state index in [1.807, 2.05) is 0 Å². The molecule has 0 saturated heterocycles. The largest absolute Gasteiger partial charge is 0.465 e. The van der Waals surface area contributed by atoms with Gasteiger partial charge >= 0.3 is 5.97 Å². The number of pyridine rings is 1. The highest BCUT2D eigenvalue weighted by Gasteiger charge is 2.06. The first-order chi connectivity index (χ1) is 7.74. The lowest BCUT2D eigenvalue weighted by Crippen LogP contribution is -2.00. The van der Waals surface area contributed by atoms with E-state index < -0.39 is 5.97 Å². The van der Waals surface area contributed by atoms with Gasteiger partial charge in [0.2, 0.25) is 0 Å². The molecule has 1 aromatic heterocycles. The van der Waals surface area contributed by atoms with Gasteiger partial charge in [0.05, 0.1) is 18.2 Å². The molecule has 0 aliphatic carbocycles. The van der Waals surface area contributed by atoms with Crippen molar-refractivity contribution in [3.05, 3.63) is 41.6 Å². The van der Waals surface area contributed by atoms with E-state index in [0.717, 1.165) is 17.2 Å². The van der Waals surface area contributed by atoms with Crippen molar-refractivity contribution in [3.8, 4) is 0 Å². The van der Waals surface area contributed by atoms with Gasteiger partial charge in [-0.2, -0.15) is 0 Å². The Balaban J connectivity index is 2.59. The number of ether oxygens (including phenoxy) is 1. The normalized spacial score (nSPS) is 10.1. The lowest BCUT2D eigenvalue weighted by Gasteiger charge is -2.01. The number of nitrogens with zero attached hydrogens (tertiary/aromatic N) is 1. The number of benzene rings is 1. The van der Waals surface area contributed by atoms with Crippen molar-refractivity contribution in [2.24, 2.45) is 0 Å². The smallest absolute Gasteiger partial charge is 0.337 e. The van der Waals surface area contributed by atoms with Crippen LogP contribution in [0.4, 0.5) is 0 Å². The van der Waals surface area contributed by atoms with Crippen molar-refractivity contribution >= 4 is 23.2 Å². The molecule has 16 heavy (non-hydrogen) atoms. The fourth-order valence-electron chi connectivity index (χ4n) is 1.46. The number of carbonyl (C=O) groups is 2. The zero-order valence-corrected chi connectivity index (χ0v) is 8.64. The third-order valence-electron chi connectivity index (χ3n) is 2.26. The summed E-state index contributed by atoms with van der Waals surface area (Å²) < 4.78 is 4.61. The molecule has 0 atom stereocenters. The number of aromatic nitrogens is 1. The minimum absolute atomic E-state index is 0.404. The maximum Gasteiger partial charge on any atom is 0.337 e. The van der Waals surface area contributed by atoms with Gasteiger partial charge in [0.15, 0.2) is 6.29 Å². The van der Waals surface area contributed by atoms with Crippen molar-refractivity contribution in [2.75, 3.05) is 7.11 Å². The second-order valence-electron chi connectivity index (χ2n) is 3.29. The van der Waals surface area contributed by atoms with Crippen molar-refractivity contribution in [3.63, 3.8) is 0 Å². The minimum atomic E-state index is -0.404. The van der Waals surface area contributed by atoms with Crippen LogP contribution >= 0.6 is 0 Å². The van der Waals surface area contributed by atoms with Crippen LogP contribution in [0, 0.1) is 0 Å². The average Bonchev–Trinajstić information content (AvgIpc) is 2.36. The van der Waals surface area contributed by atoms with Gasteiger partial charge in [-0.05, 0) is 24.3 Å². The van der Waals surface area contributed by atoms with Gasteiger partial charge in [0.25, 0.3) is 0 Å². The summed E-state index contributed by atoms with van der Waals surface area (Å²) in [5, 5.41) is 0.743. The zero-order chi connectivity index (χ0) is 11.5. The molecule has 0 unspecified atom stereocenters. The standard InChI is InChI=1S/C12H9NO3/c1-16-12(15)9-2-3-11-10(5-9)4-8(7-14)6-13-11/h2-7H,1H3. The zero-order valence-electron chi connectivity index (χ0n) is 8.64. The fraction of sp³-hybridized carbons (Fsp3) is 0.0833. The molecular weight excluding hydrogens is 206 g/mol. The molecule has 4 heteroatoms. The number of rotatable bonds is 2. The number of fused-ring (bicyclic) bond motifs is 1. The van der Waals surface area contributed by atoms with E-state index in [1.165, 1.54) is 13.3 Å². The van der Waals surface area contributed by atoms with Crippen molar-refractivity contribution in [2.45, 2.75) is 0 Å². The van der Waals surface area contributed by atoms with Crippen LogP contribution in [0.2, 0.25) is 0 Å². The minimum Gasteiger partial charge on any atom is -0.465 e. The fourth-order valence-corrected chi connectivity index (χ4v) is 1.46. The first-order valence-corrected chi connectivity index (χ1v) is 4.68. The molecule has 80 valence electrons. The number of hydrogen-bond donors (Lipinski definition) is 0. The quantitative estimate of drug-likeness (QED) is 0.566. The summed E-state index contributed by atoms with van der Waals surface area (Å²) in [5.74, 6) is -0.404. The van der Waals surface area contributed by atoms with Gasteiger partial charge in [-0.15, -0.1) is 0 Å². The van der Waals surface area contributed by atoms with Crippen molar-refractivity contribution in [1.82, 2.24) is 4.98 Å². The number of esters is 1. The van der Waals surface area contributed by atoms with Crippen LogP contribution in [0.3, 0.4) is 0 Å². The van der Waals surface area contributed by atoms with Crippen molar-refractivity contribution in [1.29, 1.82) is 0 Å². The second kappa shape index (κ2) is 4.10. The highest BCUT2D eigenvalue weighted by Crippen LogP contribution is 2.15. The lowest BCUT2D eigenvalue weighted by molar-refractivity contribution is 0.0601. The van der Waals surface area contributed by atoms with Crippen molar-refractivity contribution < 1.29 is 14.3 Å². The molecular formula is C12H9NO3. The first-order valence-electron chi connectivity index (χ1n) is 4.68. The highest BCUT2D eigenvalue weighted by atomic mass is 16.5. The predicted molar refractivity (Wildman–Crippen MR) is 58.5 cm³/mol. The molecule has 1 heterocycles. The summed E-state index contributed by atoms with van der Waals surface area (Å²) in [4.78, 5) is 26.0. The molecule has 0 radical (unpaired) electrons. The van der Waals surface area contributed by atoms with Gasteiger partial charge in [0.1, 0.15) is 0 Å². The van der Waals surface area contributed by atoms with E-state index in [2.05, 4.69) is 9.72 Å². The number of carbonyl (C=O) groups excluding carboxylic acids is 2. The third-order valence-corrected chi connectivity index (χ3v) is 2.26. The Morgan fingerprint density at radius 3 is 2.88 bits per heavy atom. The molecule has 0 bridgehead atoms. The van der Waals surface area contributed by atoms with Crippen LogP contribution in [0.5, 0.6) is 0 Å². The summed E-state index contributed by atoms with van der Waals surface area (Å²) in [7, 11) is 1.33. The van der Waals surface area contributed by atoms with Gasteiger partial charge in [0, 0.05) is 17.1 Å². The van der Waals surface area contributed by atoms with Crippen LogP contribution < -0.4 is 0 Å². The Morgan fingerprint density at radius 1 is 1.38 bits per heavy atom. The van der Waals surface area contributed by atoms with Crippen LogP contribution in [0.25, 0.3) is 10.9 Å². The first kappa shape index (κ1) is 10.3. The van der Waals surface area contributed by atoms with E-state index in [0.29, 0.717) is 11.1 Å². The maximum absolute atomic E-state index is 11.3. The number of hydrogen-bond acceptors (Lipinski definition) is 4. The Hall–Kier alpha value is -2.23. The summed E-state index contributed by atoms with van der Waals surface area (Å²) >= 11 is 0. The third kappa shape index (κ3) is 1.77. The Labute approximate surface area is 91.9 Å². The van der Waals surface area contributed by atoms with E-state index in [-0.39, 0.29) is 0 Å². The Morgan fingerprint density at radius 2 is 2.19 bits per heavy atom. The Kier molecular flexibility index (Phi) is 2.64. The summed E-state index contributed by atoms with van der Waals surface area (Å²) in [6, 6.07) is 6.70. The topological polar surface area (TPSA) is 56.3 Å².